The molecule has 0 amide bonds. The van der Waals surface area contributed by atoms with Gasteiger partial charge in [0.2, 0.25) is 0 Å². The number of rotatable bonds is 4. The lowest BCUT2D eigenvalue weighted by molar-refractivity contribution is 0.0446. The Bertz CT molecular complexity index is 442. The molecular weight excluding hydrogens is 232 g/mol. The van der Waals surface area contributed by atoms with E-state index in [9.17, 15) is 5.11 Å². The van der Waals surface area contributed by atoms with Gasteiger partial charge in [-0.05, 0) is 45.1 Å². The van der Waals surface area contributed by atoms with Crippen LogP contribution in [-0.2, 0) is 6.42 Å². The first-order chi connectivity index (χ1) is 8.73. The highest BCUT2D eigenvalue weighted by atomic mass is 16.3. The van der Waals surface area contributed by atoms with Crippen LogP contribution >= 0.6 is 0 Å². The van der Waals surface area contributed by atoms with Gasteiger partial charge in [0.05, 0.1) is 0 Å². The molecule has 104 valence electrons. The van der Waals surface area contributed by atoms with Gasteiger partial charge in [-0.25, -0.2) is 0 Å². The van der Waals surface area contributed by atoms with E-state index < -0.39 is 5.60 Å². The maximum atomic E-state index is 10.7. The van der Waals surface area contributed by atoms with Gasteiger partial charge in [-0.2, -0.15) is 0 Å². The molecule has 1 nitrogen and oxygen atoms in total. The molecule has 0 saturated heterocycles. The van der Waals surface area contributed by atoms with Crippen LogP contribution < -0.4 is 0 Å². The molecule has 1 aromatic rings. The summed E-state index contributed by atoms with van der Waals surface area (Å²) in [5.74, 6) is 6.42. The van der Waals surface area contributed by atoms with Gasteiger partial charge in [0, 0.05) is 5.41 Å². The van der Waals surface area contributed by atoms with Gasteiger partial charge in [0.25, 0.3) is 0 Å². The van der Waals surface area contributed by atoms with Crippen LogP contribution in [0.5, 0.6) is 0 Å². The first-order valence-electron chi connectivity index (χ1n) is 7.03. The topological polar surface area (TPSA) is 20.2 Å². The molecule has 0 spiro atoms. The molecule has 0 fully saturated rings. The standard InChI is InChI=1S/C18H26O/c1-15(2)18(19,14-13-17(3,4)5)12-11-16-9-7-6-8-10-16/h6-10,15,19H,11-12H2,1-5H3/t18-/m0/s1. The molecule has 0 aromatic heterocycles. The second-order valence-electron chi connectivity index (χ2n) is 6.56. The van der Waals surface area contributed by atoms with Crippen molar-refractivity contribution in [2.24, 2.45) is 11.3 Å². The number of hydrogen-bond donors (Lipinski definition) is 1. The van der Waals surface area contributed by atoms with Crippen molar-refractivity contribution in [2.45, 2.75) is 53.1 Å². The third kappa shape index (κ3) is 5.49. The highest BCUT2D eigenvalue weighted by molar-refractivity contribution is 5.21. The van der Waals surface area contributed by atoms with Crippen molar-refractivity contribution >= 4 is 0 Å². The van der Waals surface area contributed by atoms with Crippen LogP contribution in [0.2, 0.25) is 0 Å². The molecule has 0 saturated carbocycles. The summed E-state index contributed by atoms with van der Waals surface area (Å²) in [4.78, 5) is 0. The van der Waals surface area contributed by atoms with E-state index in [4.69, 9.17) is 0 Å². The zero-order valence-electron chi connectivity index (χ0n) is 12.8. The van der Waals surface area contributed by atoms with E-state index in [2.05, 4.69) is 44.7 Å². The van der Waals surface area contributed by atoms with Gasteiger partial charge in [-0.1, -0.05) is 56.0 Å². The van der Waals surface area contributed by atoms with Gasteiger partial charge >= 0.3 is 0 Å². The Morgan fingerprint density at radius 2 is 1.63 bits per heavy atom. The van der Waals surface area contributed by atoms with Gasteiger partial charge < -0.3 is 5.11 Å². The summed E-state index contributed by atoms with van der Waals surface area (Å²) < 4.78 is 0. The lowest BCUT2D eigenvalue weighted by Gasteiger charge is -2.27. The summed E-state index contributed by atoms with van der Waals surface area (Å²) in [6.07, 6.45) is 1.53. The first kappa shape index (κ1) is 15.8. The molecule has 1 rings (SSSR count). The quantitative estimate of drug-likeness (QED) is 0.808. The minimum absolute atomic E-state index is 0.0738. The number of aryl methyl sites for hydroxylation is 1. The van der Waals surface area contributed by atoms with Crippen molar-refractivity contribution < 1.29 is 5.11 Å². The van der Waals surface area contributed by atoms with E-state index in [1.807, 2.05) is 32.0 Å². The molecule has 19 heavy (non-hydrogen) atoms. The SMILES string of the molecule is CC(C)[C@@](O)(C#CC(C)(C)C)CCc1ccccc1. The number of benzene rings is 1. The fourth-order valence-corrected chi connectivity index (χ4v) is 1.77. The van der Waals surface area contributed by atoms with E-state index in [0.717, 1.165) is 6.42 Å². The van der Waals surface area contributed by atoms with Crippen molar-refractivity contribution in [3.8, 4) is 11.8 Å². The minimum atomic E-state index is -0.900. The molecule has 1 N–H and O–H groups in total. The molecule has 1 atom stereocenters. The molecule has 0 aliphatic carbocycles. The molecule has 1 heteroatoms. The van der Waals surface area contributed by atoms with Crippen LogP contribution in [0.4, 0.5) is 0 Å². The van der Waals surface area contributed by atoms with Gasteiger partial charge in [0.15, 0.2) is 0 Å². The monoisotopic (exact) mass is 258 g/mol. The van der Waals surface area contributed by atoms with Crippen LogP contribution in [-0.4, -0.2) is 10.7 Å². The van der Waals surface area contributed by atoms with Gasteiger partial charge in [-0.3, -0.25) is 0 Å². The second-order valence-corrected chi connectivity index (χ2v) is 6.56. The number of aliphatic hydroxyl groups is 1. The van der Waals surface area contributed by atoms with Crippen molar-refractivity contribution in [1.82, 2.24) is 0 Å². The largest absolute Gasteiger partial charge is 0.377 e. The highest BCUT2D eigenvalue weighted by Crippen LogP contribution is 2.24. The molecule has 0 unspecified atom stereocenters. The van der Waals surface area contributed by atoms with Crippen LogP contribution in [0.1, 0.15) is 46.6 Å². The Morgan fingerprint density at radius 3 is 2.11 bits per heavy atom. The molecule has 0 bridgehead atoms. The fourth-order valence-electron chi connectivity index (χ4n) is 1.77. The molecule has 0 heterocycles. The Balaban J connectivity index is 2.80. The normalized spacial score (nSPS) is 14.7. The zero-order chi connectivity index (χ0) is 14.5. The predicted octanol–water partition coefficient (Wildman–Crippen LogP) is 4.06. The summed E-state index contributed by atoms with van der Waals surface area (Å²) in [5, 5.41) is 10.7. The maximum Gasteiger partial charge on any atom is 0.128 e. The molecular formula is C18H26O. The van der Waals surface area contributed by atoms with Crippen LogP contribution in [0.3, 0.4) is 0 Å². The smallest absolute Gasteiger partial charge is 0.128 e. The Hall–Kier alpha value is -1.26. The Morgan fingerprint density at radius 1 is 1.05 bits per heavy atom. The molecule has 1 aromatic carbocycles. The minimum Gasteiger partial charge on any atom is -0.377 e. The summed E-state index contributed by atoms with van der Waals surface area (Å²) in [6.45, 7) is 10.3. The highest BCUT2D eigenvalue weighted by Gasteiger charge is 2.28. The third-order valence-corrected chi connectivity index (χ3v) is 3.25. The fraction of sp³-hybridized carbons (Fsp3) is 0.556. The Kier molecular flexibility index (Phi) is 5.20. The summed E-state index contributed by atoms with van der Waals surface area (Å²) in [5.41, 5.74) is 0.276. The van der Waals surface area contributed by atoms with E-state index in [1.54, 1.807) is 0 Å². The number of hydrogen-bond acceptors (Lipinski definition) is 1. The Labute approximate surface area is 118 Å². The lowest BCUT2D eigenvalue weighted by Crippen LogP contribution is -2.34. The molecule has 0 radical (unpaired) electrons. The van der Waals surface area contributed by atoms with E-state index in [-0.39, 0.29) is 11.3 Å². The first-order valence-corrected chi connectivity index (χ1v) is 7.03. The van der Waals surface area contributed by atoms with Crippen LogP contribution in [0.25, 0.3) is 0 Å². The average molecular weight is 258 g/mol. The third-order valence-electron chi connectivity index (χ3n) is 3.25. The zero-order valence-corrected chi connectivity index (χ0v) is 12.8. The van der Waals surface area contributed by atoms with Gasteiger partial charge in [-0.15, -0.1) is 0 Å². The molecule has 0 aliphatic heterocycles. The average Bonchev–Trinajstić information content (AvgIpc) is 2.34. The predicted molar refractivity (Wildman–Crippen MR) is 81.8 cm³/mol. The summed E-state index contributed by atoms with van der Waals surface area (Å²) in [7, 11) is 0. The second kappa shape index (κ2) is 6.26. The van der Waals surface area contributed by atoms with Crippen molar-refractivity contribution in [3.63, 3.8) is 0 Å². The van der Waals surface area contributed by atoms with Crippen molar-refractivity contribution in [1.29, 1.82) is 0 Å². The van der Waals surface area contributed by atoms with Gasteiger partial charge in [0.1, 0.15) is 5.60 Å². The van der Waals surface area contributed by atoms with E-state index in [0.29, 0.717) is 6.42 Å². The van der Waals surface area contributed by atoms with Crippen molar-refractivity contribution in [2.75, 3.05) is 0 Å². The van der Waals surface area contributed by atoms with E-state index in [1.165, 1.54) is 5.56 Å². The summed E-state index contributed by atoms with van der Waals surface area (Å²) >= 11 is 0. The summed E-state index contributed by atoms with van der Waals surface area (Å²) in [6, 6.07) is 10.3. The van der Waals surface area contributed by atoms with Crippen molar-refractivity contribution in [3.05, 3.63) is 35.9 Å². The molecule has 0 aliphatic rings. The van der Waals surface area contributed by atoms with Crippen LogP contribution in [0.15, 0.2) is 30.3 Å². The maximum absolute atomic E-state index is 10.7. The lowest BCUT2D eigenvalue weighted by atomic mass is 9.84. The van der Waals surface area contributed by atoms with Crippen LogP contribution in [0, 0.1) is 23.2 Å². The van der Waals surface area contributed by atoms with E-state index >= 15 is 0 Å².